The van der Waals surface area contributed by atoms with Crippen molar-refractivity contribution in [3.63, 3.8) is 0 Å². The number of hydrogen-bond acceptors (Lipinski definition) is 3. The summed E-state index contributed by atoms with van der Waals surface area (Å²) in [6.07, 6.45) is 5.92. The molecule has 3 rings (SSSR count). The lowest BCUT2D eigenvalue weighted by Crippen LogP contribution is -2.51. The minimum atomic E-state index is -0.957. The molecule has 0 saturated heterocycles. The van der Waals surface area contributed by atoms with Crippen LogP contribution in [-0.4, -0.2) is 36.1 Å². The van der Waals surface area contributed by atoms with Crippen molar-refractivity contribution in [2.45, 2.75) is 44.1 Å². The molecule has 0 aliphatic heterocycles. The molecular formula is C24H30N2O3. The molecule has 154 valence electrons. The molecule has 0 aromatic heterocycles. The number of amides is 2. The van der Waals surface area contributed by atoms with Crippen LogP contribution in [0.2, 0.25) is 0 Å². The van der Waals surface area contributed by atoms with Gasteiger partial charge in [-0.25, -0.2) is 0 Å². The molecule has 3 N–H and O–H groups in total. The maximum absolute atomic E-state index is 13.1. The highest BCUT2D eigenvalue weighted by Gasteiger charge is 2.27. The summed E-state index contributed by atoms with van der Waals surface area (Å²) < 4.78 is 0. The highest BCUT2D eigenvalue weighted by atomic mass is 16.3. The number of hydrogen-bond donors (Lipinski definition) is 3. The van der Waals surface area contributed by atoms with E-state index in [1.807, 2.05) is 60.7 Å². The first-order valence-corrected chi connectivity index (χ1v) is 10.5. The third-order valence-electron chi connectivity index (χ3n) is 5.63. The van der Waals surface area contributed by atoms with E-state index in [0.717, 1.165) is 24.0 Å². The molecule has 0 radical (unpaired) electrons. The Kier molecular flexibility index (Phi) is 7.82. The van der Waals surface area contributed by atoms with Crippen LogP contribution in [0.3, 0.4) is 0 Å². The molecule has 2 aromatic carbocycles. The monoisotopic (exact) mass is 394 g/mol. The molecule has 5 heteroatoms. The molecule has 2 amide bonds. The number of carbonyl (C=O) groups excluding carboxylic acids is 2. The molecule has 0 heterocycles. The summed E-state index contributed by atoms with van der Waals surface area (Å²) in [5, 5.41) is 15.4. The number of nitrogens with one attached hydrogen (secondary N) is 2. The lowest BCUT2D eigenvalue weighted by molar-refractivity contribution is -0.130. The van der Waals surface area contributed by atoms with Crippen LogP contribution in [-0.2, 0) is 9.59 Å². The van der Waals surface area contributed by atoms with Gasteiger partial charge in [-0.15, -0.1) is 0 Å². The largest absolute Gasteiger partial charge is 0.394 e. The summed E-state index contributed by atoms with van der Waals surface area (Å²) in [7, 11) is 0. The number of benzene rings is 2. The van der Waals surface area contributed by atoms with Gasteiger partial charge in [0.05, 0.1) is 12.5 Å². The van der Waals surface area contributed by atoms with Crippen LogP contribution < -0.4 is 10.6 Å². The van der Waals surface area contributed by atoms with Crippen LogP contribution in [0.4, 0.5) is 0 Å². The van der Waals surface area contributed by atoms with Crippen molar-refractivity contribution in [2.24, 2.45) is 5.92 Å². The predicted molar refractivity (Wildman–Crippen MR) is 113 cm³/mol. The minimum absolute atomic E-state index is 0.297. The van der Waals surface area contributed by atoms with Gasteiger partial charge in [0.25, 0.3) is 0 Å². The molecule has 0 spiro atoms. The second-order valence-electron chi connectivity index (χ2n) is 7.75. The fraction of sp³-hybridized carbons (Fsp3) is 0.417. The summed E-state index contributed by atoms with van der Waals surface area (Å²) >= 11 is 0. The maximum atomic E-state index is 13.1. The Morgan fingerprint density at radius 1 is 0.862 bits per heavy atom. The Labute approximate surface area is 172 Å². The van der Waals surface area contributed by atoms with Crippen molar-refractivity contribution in [3.05, 3.63) is 71.8 Å². The molecule has 0 unspecified atom stereocenters. The molecule has 29 heavy (non-hydrogen) atoms. The second kappa shape index (κ2) is 10.8. The Bertz CT molecular complexity index is 734. The van der Waals surface area contributed by atoms with E-state index >= 15 is 0 Å². The first-order chi connectivity index (χ1) is 14.2. The van der Waals surface area contributed by atoms with Crippen molar-refractivity contribution in [3.8, 4) is 0 Å². The lowest BCUT2D eigenvalue weighted by Gasteiger charge is -2.24. The van der Waals surface area contributed by atoms with Gasteiger partial charge in [-0.2, -0.15) is 0 Å². The highest BCUT2D eigenvalue weighted by Crippen LogP contribution is 2.25. The predicted octanol–water partition coefficient (Wildman–Crippen LogP) is 2.99. The van der Waals surface area contributed by atoms with Crippen molar-refractivity contribution < 1.29 is 14.7 Å². The average molecular weight is 395 g/mol. The first kappa shape index (κ1) is 21.1. The van der Waals surface area contributed by atoms with Crippen molar-refractivity contribution >= 4 is 11.8 Å². The van der Waals surface area contributed by atoms with Crippen molar-refractivity contribution in [1.82, 2.24) is 10.6 Å². The lowest BCUT2D eigenvalue weighted by atomic mass is 9.89. The van der Waals surface area contributed by atoms with E-state index in [-0.39, 0.29) is 11.8 Å². The van der Waals surface area contributed by atoms with Crippen molar-refractivity contribution in [1.29, 1.82) is 0 Å². The van der Waals surface area contributed by atoms with Gasteiger partial charge in [-0.05, 0) is 29.9 Å². The maximum Gasteiger partial charge on any atom is 0.244 e. The first-order valence-electron chi connectivity index (χ1n) is 10.5. The number of aliphatic hydroxyl groups is 1. The standard InChI is InChI=1S/C24H30N2O3/c27-17-21(23(28)25-16-18-10-4-1-5-11-18)26-24(29)22(19-12-6-2-7-13-19)20-14-8-3-9-15-20/h2-3,6-9,12-15,18,21-22,27H,1,4-5,10-11,16-17H2,(H,25,28)(H,26,29)/t21-/m0/s1. The van der Waals surface area contributed by atoms with Gasteiger partial charge in [0, 0.05) is 6.54 Å². The Morgan fingerprint density at radius 3 is 1.93 bits per heavy atom. The van der Waals surface area contributed by atoms with Gasteiger partial charge in [-0.1, -0.05) is 79.9 Å². The van der Waals surface area contributed by atoms with E-state index < -0.39 is 18.6 Å². The third kappa shape index (κ3) is 5.91. The molecule has 5 nitrogen and oxygen atoms in total. The van der Waals surface area contributed by atoms with Crippen LogP contribution in [0.25, 0.3) is 0 Å². The quantitative estimate of drug-likeness (QED) is 0.644. The summed E-state index contributed by atoms with van der Waals surface area (Å²) in [6, 6.07) is 18.0. The molecule has 1 aliphatic carbocycles. The summed E-state index contributed by atoms with van der Waals surface area (Å²) in [6.45, 7) is 0.171. The van der Waals surface area contributed by atoms with E-state index in [9.17, 15) is 14.7 Å². The van der Waals surface area contributed by atoms with Crippen LogP contribution >= 0.6 is 0 Å². The minimum Gasteiger partial charge on any atom is -0.394 e. The van der Waals surface area contributed by atoms with Crippen LogP contribution in [0.15, 0.2) is 60.7 Å². The number of aliphatic hydroxyl groups excluding tert-OH is 1. The summed E-state index contributed by atoms with van der Waals surface area (Å²) in [5.41, 5.74) is 1.69. The van der Waals surface area contributed by atoms with Crippen LogP contribution in [0.5, 0.6) is 0 Å². The molecule has 1 atom stereocenters. The van der Waals surface area contributed by atoms with E-state index in [2.05, 4.69) is 10.6 Å². The summed E-state index contributed by atoms with van der Waals surface area (Å²) in [4.78, 5) is 25.7. The van der Waals surface area contributed by atoms with Gasteiger partial charge in [0.2, 0.25) is 11.8 Å². The topological polar surface area (TPSA) is 78.4 Å². The third-order valence-corrected chi connectivity index (χ3v) is 5.63. The molecule has 0 bridgehead atoms. The van der Waals surface area contributed by atoms with E-state index in [0.29, 0.717) is 12.5 Å². The van der Waals surface area contributed by atoms with E-state index in [1.165, 1.54) is 19.3 Å². The van der Waals surface area contributed by atoms with E-state index in [1.54, 1.807) is 0 Å². The molecule has 2 aromatic rings. The van der Waals surface area contributed by atoms with Gasteiger partial charge in [0.1, 0.15) is 6.04 Å². The van der Waals surface area contributed by atoms with Gasteiger partial charge in [0.15, 0.2) is 0 Å². The fourth-order valence-electron chi connectivity index (χ4n) is 3.99. The normalized spacial score (nSPS) is 15.7. The highest BCUT2D eigenvalue weighted by molar-refractivity contribution is 5.92. The Morgan fingerprint density at radius 2 is 1.41 bits per heavy atom. The SMILES string of the molecule is O=C(N[C@@H](CO)C(=O)NCC1CCCCC1)C(c1ccccc1)c1ccccc1. The average Bonchev–Trinajstić information content (AvgIpc) is 2.78. The summed E-state index contributed by atoms with van der Waals surface area (Å²) in [5.74, 6) is -0.678. The molecule has 1 fully saturated rings. The zero-order valence-electron chi connectivity index (χ0n) is 16.7. The molecule has 1 saturated carbocycles. The molecule has 1 aliphatic rings. The van der Waals surface area contributed by atoms with Gasteiger partial charge < -0.3 is 15.7 Å². The number of rotatable bonds is 8. The van der Waals surface area contributed by atoms with Crippen LogP contribution in [0, 0.1) is 5.92 Å². The Hall–Kier alpha value is -2.66. The zero-order chi connectivity index (χ0) is 20.5. The smallest absolute Gasteiger partial charge is 0.244 e. The Balaban J connectivity index is 1.67. The van der Waals surface area contributed by atoms with Crippen molar-refractivity contribution in [2.75, 3.05) is 13.2 Å². The zero-order valence-corrected chi connectivity index (χ0v) is 16.7. The second-order valence-corrected chi connectivity index (χ2v) is 7.75. The number of carbonyl (C=O) groups is 2. The fourth-order valence-corrected chi connectivity index (χ4v) is 3.99. The molecular weight excluding hydrogens is 364 g/mol. The van der Waals surface area contributed by atoms with Gasteiger partial charge >= 0.3 is 0 Å². The van der Waals surface area contributed by atoms with Gasteiger partial charge in [-0.3, -0.25) is 9.59 Å². The van der Waals surface area contributed by atoms with Crippen LogP contribution in [0.1, 0.15) is 49.1 Å². The van der Waals surface area contributed by atoms with E-state index in [4.69, 9.17) is 0 Å².